The number of hydrogen-bond donors (Lipinski definition) is 5. The molecule has 4 aromatic carbocycles. The number of aromatic nitrogens is 4. The van der Waals surface area contributed by atoms with E-state index >= 15 is 0 Å². The largest absolute Gasteiger partial charge is 0.508 e. The number of phenols is 1. The maximum Gasteiger partial charge on any atom is 0.239 e. The smallest absolute Gasteiger partial charge is 0.239 e. The van der Waals surface area contributed by atoms with Crippen LogP contribution in [0.3, 0.4) is 0 Å². The molecule has 0 radical (unpaired) electrons. The molecule has 6 aromatic rings. The van der Waals surface area contributed by atoms with Gasteiger partial charge in [-0.05, 0) is 123 Å². The average Bonchev–Trinajstić information content (AvgIpc) is 4.13. The van der Waals surface area contributed by atoms with Crippen molar-refractivity contribution >= 4 is 68.3 Å². The molecule has 4 aliphatic heterocycles. The number of phenolic OH excluding ortho intramolecular Hbond substituents is 1. The van der Waals surface area contributed by atoms with E-state index in [4.69, 9.17) is 9.72 Å². The molecule has 2 aromatic heterocycles. The zero-order valence-corrected chi connectivity index (χ0v) is 40.5. The third-order valence-electron chi connectivity index (χ3n) is 13.8. The molecule has 69 heavy (non-hydrogen) atoms. The molecule has 2 atom stereocenters. The van der Waals surface area contributed by atoms with Crippen molar-refractivity contribution in [2.45, 2.75) is 77.3 Å². The minimum absolute atomic E-state index is 0.00909. The summed E-state index contributed by atoms with van der Waals surface area (Å²) >= 11 is 0. The molecule has 2 unspecified atom stereocenters. The number of ether oxygens (including phenoxy) is 1. The number of benzene rings is 4. The number of carbonyl (C=O) groups excluding carboxylic acids is 2. The molecule has 4 fully saturated rings. The quantitative estimate of drug-likeness (QED) is 0.0863. The fourth-order valence-corrected chi connectivity index (χ4v) is 10.0. The van der Waals surface area contributed by atoms with Crippen LogP contribution < -0.4 is 35.8 Å². The predicted molar refractivity (Wildman–Crippen MR) is 275 cm³/mol. The third-order valence-corrected chi connectivity index (χ3v) is 13.8. The summed E-state index contributed by atoms with van der Waals surface area (Å²) < 4.78 is 5.58. The van der Waals surface area contributed by atoms with Crippen molar-refractivity contribution in [3.63, 3.8) is 0 Å². The van der Waals surface area contributed by atoms with Gasteiger partial charge in [-0.2, -0.15) is 0 Å². The molecule has 4 saturated heterocycles. The van der Waals surface area contributed by atoms with Crippen LogP contribution in [0.4, 0.5) is 34.6 Å². The van der Waals surface area contributed by atoms with Gasteiger partial charge in [0.1, 0.15) is 11.5 Å². The minimum Gasteiger partial charge on any atom is -0.508 e. The van der Waals surface area contributed by atoms with Crippen LogP contribution in [0, 0.1) is 0 Å². The molecule has 0 saturated carbocycles. The summed E-state index contributed by atoms with van der Waals surface area (Å²) in [6.45, 7) is 16.7. The van der Waals surface area contributed by atoms with E-state index in [9.17, 15) is 14.7 Å². The number of nitrogens with zero attached hydrogens (tertiary/aromatic N) is 8. The van der Waals surface area contributed by atoms with E-state index in [2.05, 4.69) is 96.3 Å². The Hall–Kier alpha value is -6.78. The molecule has 0 bridgehead atoms. The first-order valence-corrected chi connectivity index (χ1v) is 24.6. The van der Waals surface area contributed by atoms with Crippen LogP contribution in [-0.4, -0.2) is 131 Å². The molecule has 6 heterocycles. The van der Waals surface area contributed by atoms with E-state index in [-0.39, 0.29) is 41.5 Å². The second kappa shape index (κ2) is 21.2. The molecule has 10 rings (SSSR count). The van der Waals surface area contributed by atoms with Gasteiger partial charge in [0.15, 0.2) is 0 Å². The van der Waals surface area contributed by atoms with Gasteiger partial charge in [0, 0.05) is 109 Å². The minimum atomic E-state index is 0.00909. The van der Waals surface area contributed by atoms with Gasteiger partial charge >= 0.3 is 0 Å². The van der Waals surface area contributed by atoms with Crippen LogP contribution in [0.15, 0.2) is 85.2 Å². The summed E-state index contributed by atoms with van der Waals surface area (Å²) in [5, 5.41) is 25.5. The van der Waals surface area contributed by atoms with E-state index in [1.807, 2.05) is 60.2 Å². The zero-order chi connectivity index (χ0) is 48.0. The molecule has 16 heteroatoms. The Morgan fingerprint density at radius 2 is 1.04 bits per heavy atom. The summed E-state index contributed by atoms with van der Waals surface area (Å²) in [5.74, 6) is 3.11. The number of rotatable bonds is 11. The van der Waals surface area contributed by atoms with Gasteiger partial charge in [-0.15, -0.1) is 0 Å². The van der Waals surface area contributed by atoms with Crippen LogP contribution in [0.5, 0.6) is 11.5 Å². The number of aromatic hydroxyl groups is 1. The summed E-state index contributed by atoms with van der Waals surface area (Å²) in [6.07, 6.45) is 7.73. The Balaban J connectivity index is 0.000000172. The molecule has 0 spiro atoms. The number of fused-ring (bicyclic) bond motifs is 2. The Morgan fingerprint density at radius 1 is 0.609 bits per heavy atom. The highest BCUT2D eigenvalue weighted by molar-refractivity contribution is 5.87. The van der Waals surface area contributed by atoms with E-state index in [1.54, 1.807) is 19.4 Å². The van der Waals surface area contributed by atoms with Crippen LogP contribution in [0.2, 0.25) is 0 Å². The third kappa shape index (κ3) is 10.8. The van der Waals surface area contributed by atoms with Gasteiger partial charge in [0.05, 0.1) is 30.2 Å². The lowest BCUT2D eigenvalue weighted by atomic mass is 9.99. The molecule has 2 amide bonds. The second-order valence-corrected chi connectivity index (χ2v) is 19.0. The van der Waals surface area contributed by atoms with Crippen molar-refractivity contribution in [3.05, 3.63) is 96.3 Å². The van der Waals surface area contributed by atoms with Crippen LogP contribution in [0.25, 0.3) is 21.8 Å². The first-order valence-electron chi connectivity index (χ1n) is 24.6. The van der Waals surface area contributed by atoms with Crippen molar-refractivity contribution in [2.24, 2.45) is 0 Å². The predicted octanol–water partition coefficient (Wildman–Crippen LogP) is 7.51. The number of carbonyl (C=O) groups is 2. The van der Waals surface area contributed by atoms with Gasteiger partial charge in [-0.25, -0.2) is 19.9 Å². The van der Waals surface area contributed by atoms with Crippen LogP contribution in [0.1, 0.15) is 76.3 Å². The number of amides is 2. The van der Waals surface area contributed by atoms with Gasteiger partial charge in [-0.1, -0.05) is 27.7 Å². The highest BCUT2D eigenvalue weighted by Crippen LogP contribution is 2.35. The Labute approximate surface area is 404 Å². The molecule has 0 aliphatic carbocycles. The second-order valence-electron chi connectivity index (χ2n) is 19.0. The first kappa shape index (κ1) is 47.3. The average molecular weight is 935 g/mol. The first-order chi connectivity index (χ1) is 33.5. The fraction of sp³-hybridized carbons (Fsp3) is 0.434. The maximum absolute atomic E-state index is 12.7. The van der Waals surface area contributed by atoms with Crippen LogP contribution >= 0.6 is 0 Å². The van der Waals surface area contributed by atoms with E-state index < -0.39 is 0 Å². The van der Waals surface area contributed by atoms with E-state index in [0.717, 1.165) is 153 Å². The lowest BCUT2D eigenvalue weighted by Crippen LogP contribution is -2.53. The highest BCUT2D eigenvalue weighted by atomic mass is 16.5. The number of nitrogens with one attached hydrogen (secondary N) is 4. The summed E-state index contributed by atoms with van der Waals surface area (Å²) in [4.78, 5) is 52.4. The molecular weight excluding hydrogens is 869 g/mol. The normalized spacial score (nSPS) is 18.5. The van der Waals surface area contributed by atoms with E-state index in [1.165, 1.54) is 0 Å². The monoisotopic (exact) mass is 935 g/mol. The maximum atomic E-state index is 12.7. The Kier molecular flexibility index (Phi) is 14.6. The van der Waals surface area contributed by atoms with Crippen LogP contribution in [-0.2, 0) is 9.59 Å². The van der Waals surface area contributed by atoms with Crippen molar-refractivity contribution in [3.8, 4) is 11.5 Å². The number of hydrogen-bond acceptors (Lipinski definition) is 14. The standard InChI is InChI=1S/C27H34N6O2.C26H32N6O2/c1-18(2)24-23(35-3)11-6-19-17-29-27(31-25(19)24)30-20-7-9-21(10-8-20)32-13-15-33(16-14-32)26(34)22-5-4-12-28-22;1-17(2)23-22(33)10-5-18-16-28-26(30-24(18)23)29-19-6-8-20(9-7-19)31-12-14-32(15-13-31)25(34)21-4-3-11-27-21/h6-11,17-18,22,28H,4-5,12-16H2,1-3H3,(H,29,30,31);5-10,16-17,21,27,33H,3-4,11-15H2,1-2H3,(H,28,29,30). The SMILES string of the molecule is CC(C)c1c(O)ccc2cnc(Nc3ccc(N4CCN(C(=O)C5CCCN5)CC4)cc3)nc12.COc1ccc2cnc(Nc3ccc(N4CCN(C(=O)C5CCCN5)CC4)cc3)nc2c1C(C)C. The number of methoxy groups -OCH3 is 1. The molecule has 16 nitrogen and oxygen atoms in total. The molecule has 4 aliphatic rings. The Morgan fingerprint density at radius 3 is 1.45 bits per heavy atom. The lowest BCUT2D eigenvalue weighted by Gasteiger charge is -2.37. The van der Waals surface area contributed by atoms with Gasteiger partial charge in [-0.3, -0.25) is 9.59 Å². The van der Waals surface area contributed by atoms with Crippen molar-refractivity contribution in [1.29, 1.82) is 0 Å². The highest BCUT2D eigenvalue weighted by Gasteiger charge is 2.31. The topological polar surface area (TPSA) is 176 Å². The fourth-order valence-electron chi connectivity index (χ4n) is 10.0. The van der Waals surface area contributed by atoms with Crippen molar-refractivity contribution < 1.29 is 19.4 Å². The molecule has 362 valence electrons. The lowest BCUT2D eigenvalue weighted by molar-refractivity contribution is -0.134. The molecule has 5 N–H and O–H groups in total. The van der Waals surface area contributed by atoms with Gasteiger partial charge in [0.2, 0.25) is 23.7 Å². The van der Waals surface area contributed by atoms with Gasteiger partial charge < -0.3 is 50.7 Å². The van der Waals surface area contributed by atoms with Crippen molar-refractivity contribution in [1.82, 2.24) is 40.4 Å². The number of piperazine rings is 2. The summed E-state index contributed by atoms with van der Waals surface area (Å²) in [7, 11) is 1.69. The summed E-state index contributed by atoms with van der Waals surface area (Å²) in [6, 6.07) is 24.1. The van der Waals surface area contributed by atoms with Crippen molar-refractivity contribution in [2.75, 3.05) is 93.0 Å². The van der Waals surface area contributed by atoms with E-state index in [0.29, 0.717) is 11.9 Å². The van der Waals surface area contributed by atoms with Gasteiger partial charge in [0.25, 0.3) is 0 Å². The summed E-state index contributed by atoms with van der Waals surface area (Å²) in [5.41, 5.74) is 7.74. The molecular formula is C53H66N12O4. The Bertz CT molecular complexity index is 2720. The number of anilines is 6. The zero-order valence-electron chi connectivity index (χ0n) is 40.5.